The van der Waals surface area contributed by atoms with Crippen LogP contribution >= 0.6 is 11.8 Å². The Bertz CT molecular complexity index is 568. The second kappa shape index (κ2) is 7.15. The first kappa shape index (κ1) is 14.7. The number of rotatable bonds is 5. The maximum Gasteiger partial charge on any atom is 0.237 e. The van der Waals surface area contributed by atoms with Gasteiger partial charge in [-0.15, -0.1) is 11.8 Å². The first-order valence-corrected chi connectivity index (χ1v) is 7.69. The largest absolute Gasteiger partial charge is 0.325 e. The lowest BCUT2D eigenvalue weighted by atomic mass is 10.1. The lowest BCUT2D eigenvalue weighted by Gasteiger charge is -2.14. The van der Waals surface area contributed by atoms with Crippen LogP contribution in [0, 0.1) is 0 Å². The van der Waals surface area contributed by atoms with Gasteiger partial charge in [0.2, 0.25) is 5.91 Å². The highest BCUT2D eigenvalue weighted by molar-refractivity contribution is 8.00. The molecule has 0 saturated carbocycles. The number of para-hydroxylation sites is 1. The van der Waals surface area contributed by atoms with Crippen LogP contribution in [0.25, 0.3) is 0 Å². The third-order valence-electron chi connectivity index (χ3n) is 3.08. The van der Waals surface area contributed by atoms with Gasteiger partial charge in [-0.25, -0.2) is 0 Å². The molecule has 0 fully saturated rings. The highest BCUT2D eigenvalue weighted by Crippen LogP contribution is 2.24. The minimum Gasteiger partial charge on any atom is -0.325 e. The number of nitrogens with one attached hydrogen (secondary N) is 1. The molecule has 0 aliphatic rings. The van der Waals surface area contributed by atoms with E-state index < -0.39 is 0 Å². The van der Waals surface area contributed by atoms with Gasteiger partial charge in [-0.1, -0.05) is 43.3 Å². The number of amides is 1. The average Bonchev–Trinajstić information content (AvgIpc) is 2.48. The third-order valence-corrected chi connectivity index (χ3v) is 4.19. The monoisotopic (exact) mass is 285 g/mol. The molecular formula is C17H19NOS. The van der Waals surface area contributed by atoms with Crippen molar-refractivity contribution < 1.29 is 4.79 Å². The van der Waals surface area contributed by atoms with E-state index in [2.05, 4.69) is 12.2 Å². The van der Waals surface area contributed by atoms with Crippen molar-refractivity contribution in [2.75, 3.05) is 5.32 Å². The Hall–Kier alpha value is -1.74. The topological polar surface area (TPSA) is 29.1 Å². The first-order chi connectivity index (χ1) is 9.70. The Balaban J connectivity index is 2.01. The second-order valence-corrected chi connectivity index (χ2v) is 5.99. The predicted molar refractivity (Wildman–Crippen MR) is 86.2 cm³/mol. The van der Waals surface area contributed by atoms with Crippen LogP contribution in [0.4, 0.5) is 5.69 Å². The van der Waals surface area contributed by atoms with Gasteiger partial charge >= 0.3 is 0 Å². The molecule has 0 heterocycles. The molecular weight excluding hydrogens is 266 g/mol. The quantitative estimate of drug-likeness (QED) is 0.827. The van der Waals surface area contributed by atoms with Crippen molar-refractivity contribution in [1.82, 2.24) is 0 Å². The molecule has 1 N–H and O–H groups in total. The summed E-state index contributed by atoms with van der Waals surface area (Å²) in [6.07, 6.45) is 0.913. The van der Waals surface area contributed by atoms with Crippen molar-refractivity contribution >= 4 is 23.4 Å². The van der Waals surface area contributed by atoms with Gasteiger partial charge in [-0.05, 0) is 37.1 Å². The number of carbonyl (C=O) groups is 1. The van der Waals surface area contributed by atoms with Crippen LogP contribution in [-0.4, -0.2) is 11.2 Å². The number of anilines is 1. The van der Waals surface area contributed by atoms with Gasteiger partial charge < -0.3 is 5.32 Å². The number of thioether (sulfide) groups is 1. The van der Waals surface area contributed by atoms with Gasteiger partial charge in [0.05, 0.1) is 5.25 Å². The summed E-state index contributed by atoms with van der Waals surface area (Å²) in [5, 5.41) is 2.90. The van der Waals surface area contributed by atoms with Crippen LogP contribution in [0.5, 0.6) is 0 Å². The molecule has 3 heteroatoms. The highest BCUT2D eigenvalue weighted by atomic mass is 32.2. The average molecular weight is 285 g/mol. The molecule has 2 aromatic rings. The lowest BCUT2D eigenvalue weighted by molar-refractivity contribution is -0.115. The molecule has 1 amide bonds. The van der Waals surface area contributed by atoms with E-state index in [4.69, 9.17) is 0 Å². The number of hydrogen-bond acceptors (Lipinski definition) is 2. The summed E-state index contributed by atoms with van der Waals surface area (Å²) in [6.45, 7) is 4.02. The third kappa shape index (κ3) is 3.87. The van der Waals surface area contributed by atoms with Crippen LogP contribution in [0.1, 0.15) is 19.4 Å². The summed E-state index contributed by atoms with van der Waals surface area (Å²) in [5.74, 6) is 0.0414. The molecule has 0 bridgehead atoms. The van der Waals surface area contributed by atoms with Crippen molar-refractivity contribution in [2.24, 2.45) is 0 Å². The Labute approximate surface area is 124 Å². The normalized spacial score (nSPS) is 11.9. The molecule has 0 aliphatic heterocycles. The SMILES string of the molecule is CCc1ccccc1NC(=O)C(C)Sc1ccccc1. The van der Waals surface area contributed by atoms with E-state index in [1.807, 2.05) is 61.5 Å². The van der Waals surface area contributed by atoms with E-state index in [1.165, 1.54) is 0 Å². The molecule has 2 nitrogen and oxygen atoms in total. The van der Waals surface area contributed by atoms with E-state index >= 15 is 0 Å². The van der Waals surface area contributed by atoms with Gasteiger partial charge in [0, 0.05) is 10.6 Å². The smallest absolute Gasteiger partial charge is 0.237 e. The van der Waals surface area contributed by atoms with Gasteiger partial charge in [-0.3, -0.25) is 4.79 Å². The summed E-state index contributed by atoms with van der Waals surface area (Å²) in [5.41, 5.74) is 2.08. The zero-order chi connectivity index (χ0) is 14.4. The van der Waals surface area contributed by atoms with E-state index in [0.717, 1.165) is 22.6 Å². The van der Waals surface area contributed by atoms with E-state index in [9.17, 15) is 4.79 Å². The summed E-state index contributed by atoms with van der Waals surface area (Å²) < 4.78 is 0. The Morgan fingerprint density at radius 1 is 1.10 bits per heavy atom. The zero-order valence-corrected chi connectivity index (χ0v) is 12.6. The Kier molecular flexibility index (Phi) is 5.24. The van der Waals surface area contributed by atoms with Gasteiger partial charge in [0.1, 0.15) is 0 Å². The number of carbonyl (C=O) groups excluding carboxylic acids is 1. The maximum atomic E-state index is 12.3. The maximum absolute atomic E-state index is 12.3. The van der Waals surface area contributed by atoms with Crippen LogP contribution in [0.2, 0.25) is 0 Å². The summed E-state index contributed by atoms with van der Waals surface area (Å²) in [6, 6.07) is 17.9. The number of aryl methyl sites for hydroxylation is 1. The highest BCUT2D eigenvalue weighted by Gasteiger charge is 2.15. The van der Waals surface area contributed by atoms with Gasteiger partial charge in [0.25, 0.3) is 0 Å². The summed E-state index contributed by atoms with van der Waals surface area (Å²) in [7, 11) is 0. The second-order valence-electron chi connectivity index (χ2n) is 4.57. The molecule has 1 atom stereocenters. The standard InChI is InChI=1S/C17H19NOS/c1-3-14-9-7-8-12-16(14)18-17(19)13(2)20-15-10-5-4-6-11-15/h4-13H,3H2,1-2H3,(H,18,19). The summed E-state index contributed by atoms with van der Waals surface area (Å²) >= 11 is 1.57. The van der Waals surface area contributed by atoms with Crippen LogP contribution in [0.15, 0.2) is 59.5 Å². The lowest BCUT2D eigenvalue weighted by Crippen LogP contribution is -2.22. The van der Waals surface area contributed by atoms with E-state index in [-0.39, 0.29) is 11.2 Å². The summed E-state index contributed by atoms with van der Waals surface area (Å²) in [4.78, 5) is 13.4. The fourth-order valence-corrected chi connectivity index (χ4v) is 2.83. The number of benzene rings is 2. The fraction of sp³-hybridized carbons (Fsp3) is 0.235. The van der Waals surface area contributed by atoms with Gasteiger partial charge in [-0.2, -0.15) is 0 Å². The molecule has 0 saturated heterocycles. The molecule has 0 aliphatic carbocycles. The molecule has 20 heavy (non-hydrogen) atoms. The molecule has 0 spiro atoms. The minimum absolute atomic E-state index is 0.0414. The van der Waals surface area contributed by atoms with Crippen molar-refractivity contribution in [1.29, 1.82) is 0 Å². The first-order valence-electron chi connectivity index (χ1n) is 6.81. The van der Waals surface area contributed by atoms with Crippen LogP contribution in [-0.2, 0) is 11.2 Å². The molecule has 1 unspecified atom stereocenters. The predicted octanol–water partition coefficient (Wildman–Crippen LogP) is 4.37. The van der Waals surface area contributed by atoms with Crippen molar-refractivity contribution in [3.63, 3.8) is 0 Å². The van der Waals surface area contributed by atoms with Crippen molar-refractivity contribution in [3.8, 4) is 0 Å². The minimum atomic E-state index is -0.123. The Morgan fingerprint density at radius 2 is 1.75 bits per heavy atom. The molecule has 2 aromatic carbocycles. The van der Waals surface area contributed by atoms with Crippen LogP contribution in [0.3, 0.4) is 0 Å². The van der Waals surface area contributed by atoms with Crippen LogP contribution < -0.4 is 5.32 Å². The van der Waals surface area contributed by atoms with Crippen molar-refractivity contribution in [2.45, 2.75) is 30.4 Å². The molecule has 2 rings (SSSR count). The zero-order valence-electron chi connectivity index (χ0n) is 11.8. The van der Waals surface area contributed by atoms with E-state index in [1.54, 1.807) is 11.8 Å². The molecule has 104 valence electrons. The molecule has 0 radical (unpaired) electrons. The number of hydrogen-bond donors (Lipinski definition) is 1. The fourth-order valence-electron chi connectivity index (χ4n) is 1.94. The van der Waals surface area contributed by atoms with Crippen molar-refractivity contribution in [3.05, 3.63) is 60.2 Å². The Morgan fingerprint density at radius 3 is 2.45 bits per heavy atom. The van der Waals surface area contributed by atoms with E-state index in [0.29, 0.717) is 0 Å². The van der Waals surface area contributed by atoms with Gasteiger partial charge in [0.15, 0.2) is 0 Å². The molecule has 0 aromatic heterocycles.